The first-order valence-electron chi connectivity index (χ1n) is 9.27. The number of hydrogen-bond donors (Lipinski definition) is 0. The van der Waals surface area contributed by atoms with E-state index in [9.17, 15) is 18.0 Å². The number of ether oxygens (including phenoxy) is 1. The molecule has 9 heteroatoms. The van der Waals surface area contributed by atoms with Gasteiger partial charge in [-0.2, -0.15) is 5.10 Å². The standard InChI is InChI=1S/C22H21ClN2O5S/c1-12-10-17(13(2)14(3)20(12)31(5,28)29)19(26)18-11-24-25(4)21(18)30-22(27)15-6-8-16(23)9-7-15/h6-11H,1-5H3. The first-order chi connectivity index (χ1) is 14.4. The molecule has 0 atom stereocenters. The zero-order valence-corrected chi connectivity index (χ0v) is 19.3. The summed E-state index contributed by atoms with van der Waals surface area (Å²) < 4.78 is 31.1. The van der Waals surface area contributed by atoms with E-state index in [0.29, 0.717) is 27.3 Å². The van der Waals surface area contributed by atoms with E-state index in [2.05, 4.69) is 5.10 Å². The number of carbonyl (C=O) groups is 2. The highest BCUT2D eigenvalue weighted by molar-refractivity contribution is 7.90. The minimum atomic E-state index is -3.45. The average molecular weight is 461 g/mol. The molecule has 31 heavy (non-hydrogen) atoms. The van der Waals surface area contributed by atoms with E-state index in [1.807, 2.05) is 0 Å². The number of halogens is 1. The number of rotatable bonds is 5. The Balaban J connectivity index is 2.03. The van der Waals surface area contributed by atoms with Crippen molar-refractivity contribution in [3.05, 3.63) is 74.9 Å². The molecule has 0 aliphatic heterocycles. The van der Waals surface area contributed by atoms with Crippen LogP contribution in [0.4, 0.5) is 0 Å². The van der Waals surface area contributed by atoms with Gasteiger partial charge in [0, 0.05) is 23.9 Å². The third kappa shape index (κ3) is 4.40. The van der Waals surface area contributed by atoms with Crippen LogP contribution in [0.15, 0.2) is 41.4 Å². The second kappa shape index (κ2) is 8.28. The maximum Gasteiger partial charge on any atom is 0.344 e. The topological polar surface area (TPSA) is 95.3 Å². The van der Waals surface area contributed by atoms with Crippen LogP contribution in [0.3, 0.4) is 0 Å². The minimum absolute atomic E-state index is 0.00755. The second-order valence-corrected chi connectivity index (χ2v) is 9.69. The Hall–Kier alpha value is -2.97. The van der Waals surface area contributed by atoms with Gasteiger partial charge in [0.25, 0.3) is 0 Å². The van der Waals surface area contributed by atoms with Gasteiger partial charge in [-0.15, -0.1) is 0 Å². The largest absolute Gasteiger partial charge is 0.403 e. The molecule has 2 aromatic carbocycles. The Bertz CT molecular complexity index is 1310. The molecule has 3 aromatic rings. The summed E-state index contributed by atoms with van der Waals surface area (Å²) in [5.74, 6) is -1.09. The summed E-state index contributed by atoms with van der Waals surface area (Å²) in [7, 11) is -1.90. The molecular weight excluding hydrogens is 440 g/mol. The Kier molecular flexibility index (Phi) is 6.07. The van der Waals surface area contributed by atoms with E-state index in [1.54, 1.807) is 46.0 Å². The maximum atomic E-state index is 13.3. The molecule has 0 saturated heterocycles. The lowest BCUT2D eigenvalue weighted by molar-refractivity contribution is 0.0718. The number of ketones is 1. The summed E-state index contributed by atoms with van der Waals surface area (Å²) in [6.45, 7) is 5.00. The maximum absolute atomic E-state index is 13.3. The fourth-order valence-corrected chi connectivity index (χ4v) is 4.92. The van der Waals surface area contributed by atoms with Crippen LogP contribution in [0.25, 0.3) is 0 Å². The molecule has 1 heterocycles. The molecule has 7 nitrogen and oxygen atoms in total. The van der Waals surface area contributed by atoms with Gasteiger partial charge in [0.1, 0.15) is 5.56 Å². The van der Waals surface area contributed by atoms with Crippen LogP contribution in [-0.4, -0.2) is 36.2 Å². The molecule has 0 saturated carbocycles. The highest BCUT2D eigenvalue weighted by Crippen LogP contribution is 2.30. The zero-order chi connectivity index (χ0) is 23.1. The van der Waals surface area contributed by atoms with Crippen LogP contribution in [0.1, 0.15) is 43.0 Å². The van der Waals surface area contributed by atoms with E-state index in [0.717, 1.165) is 6.26 Å². The highest BCUT2D eigenvalue weighted by atomic mass is 35.5. The molecule has 0 amide bonds. The predicted octanol–water partition coefficient (Wildman–Crippen LogP) is 3.85. The van der Waals surface area contributed by atoms with Gasteiger partial charge in [0.05, 0.1) is 16.7 Å². The second-order valence-electron chi connectivity index (χ2n) is 7.30. The van der Waals surface area contributed by atoms with Crippen molar-refractivity contribution in [2.24, 2.45) is 7.05 Å². The molecular formula is C22H21ClN2O5S. The van der Waals surface area contributed by atoms with Gasteiger partial charge in [-0.25, -0.2) is 17.9 Å². The van der Waals surface area contributed by atoms with Gasteiger partial charge >= 0.3 is 5.97 Å². The summed E-state index contributed by atoms with van der Waals surface area (Å²) in [6, 6.07) is 7.70. The summed E-state index contributed by atoms with van der Waals surface area (Å²) in [5.41, 5.74) is 2.20. The fraction of sp³-hybridized carbons (Fsp3) is 0.227. The van der Waals surface area contributed by atoms with Gasteiger partial charge in [0.15, 0.2) is 15.6 Å². The first-order valence-corrected chi connectivity index (χ1v) is 11.5. The van der Waals surface area contributed by atoms with Gasteiger partial charge in [-0.05, 0) is 67.8 Å². The van der Waals surface area contributed by atoms with E-state index >= 15 is 0 Å². The first kappa shape index (κ1) is 22.7. The number of esters is 1. The predicted molar refractivity (Wildman–Crippen MR) is 117 cm³/mol. The molecule has 0 aliphatic rings. The number of hydrogen-bond acceptors (Lipinski definition) is 6. The van der Waals surface area contributed by atoms with Gasteiger partial charge in [-0.3, -0.25) is 4.79 Å². The Morgan fingerprint density at radius 1 is 1.03 bits per heavy atom. The Labute approximate surface area is 185 Å². The number of sulfone groups is 1. The van der Waals surface area contributed by atoms with Crippen LogP contribution in [0.2, 0.25) is 5.02 Å². The van der Waals surface area contributed by atoms with Crippen LogP contribution >= 0.6 is 11.6 Å². The Morgan fingerprint density at radius 3 is 2.23 bits per heavy atom. The lowest BCUT2D eigenvalue weighted by Gasteiger charge is -2.15. The monoisotopic (exact) mass is 460 g/mol. The van der Waals surface area contributed by atoms with E-state index < -0.39 is 21.6 Å². The summed E-state index contributed by atoms with van der Waals surface area (Å²) in [6.07, 6.45) is 2.46. The number of carbonyl (C=O) groups excluding carboxylic acids is 2. The zero-order valence-electron chi connectivity index (χ0n) is 17.7. The van der Waals surface area contributed by atoms with Crippen molar-refractivity contribution >= 4 is 33.2 Å². The minimum Gasteiger partial charge on any atom is -0.403 e. The summed E-state index contributed by atoms with van der Waals surface area (Å²) in [4.78, 5) is 26.1. The van der Waals surface area contributed by atoms with Crippen molar-refractivity contribution in [2.75, 3.05) is 6.26 Å². The Morgan fingerprint density at radius 2 is 1.65 bits per heavy atom. The molecule has 0 aliphatic carbocycles. The average Bonchev–Trinajstić information content (AvgIpc) is 3.04. The lowest BCUT2D eigenvalue weighted by Crippen LogP contribution is -2.15. The van der Waals surface area contributed by atoms with Crippen LogP contribution in [-0.2, 0) is 16.9 Å². The number of nitrogens with zero attached hydrogens (tertiary/aromatic N) is 2. The van der Waals surface area contributed by atoms with E-state index in [-0.39, 0.29) is 21.9 Å². The molecule has 3 rings (SSSR count). The quantitative estimate of drug-likeness (QED) is 0.424. The molecule has 1 aromatic heterocycles. The summed E-state index contributed by atoms with van der Waals surface area (Å²) >= 11 is 5.85. The molecule has 0 radical (unpaired) electrons. The van der Waals surface area contributed by atoms with E-state index in [1.165, 1.54) is 23.0 Å². The van der Waals surface area contributed by atoms with Gasteiger partial charge < -0.3 is 4.74 Å². The normalized spacial score (nSPS) is 11.4. The third-order valence-corrected chi connectivity index (χ3v) is 6.66. The van der Waals surface area contributed by atoms with E-state index in [4.69, 9.17) is 16.3 Å². The molecule has 0 bridgehead atoms. The number of benzene rings is 2. The van der Waals surface area contributed by atoms with Gasteiger partial charge in [-0.1, -0.05) is 11.6 Å². The van der Waals surface area contributed by atoms with Crippen LogP contribution in [0, 0.1) is 20.8 Å². The molecule has 0 fully saturated rings. The van der Waals surface area contributed by atoms with Crippen LogP contribution in [0.5, 0.6) is 5.88 Å². The smallest absolute Gasteiger partial charge is 0.344 e. The molecule has 0 N–H and O–H groups in total. The van der Waals surface area contributed by atoms with Gasteiger partial charge in [0.2, 0.25) is 5.88 Å². The highest BCUT2D eigenvalue weighted by Gasteiger charge is 2.26. The molecule has 0 spiro atoms. The lowest BCUT2D eigenvalue weighted by atomic mass is 9.95. The number of aryl methyl sites for hydroxylation is 2. The van der Waals surface area contributed by atoms with Crippen molar-refractivity contribution < 1.29 is 22.7 Å². The van der Waals surface area contributed by atoms with Crippen LogP contribution < -0.4 is 4.74 Å². The summed E-state index contributed by atoms with van der Waals surface area (Å²) in [5, 5.41) is 4.54. The fourth-order valence-electron chi connectivity index (χ4n) is 3.45. The van der Waals surface area contributed by atoms with Crippen molar-refractivity contribution in [1.29, 1.82) is 0 Å². The SMILES string of the molecule is Cc1cc(C(=O)c2cnn(C)c2OC(=O)c2ccc(Cl)cc2)c(C)c(C)c1S(C)(=O)=O. The van der Waals surface area contributed by atoms with Crippen molar-refractivity contribution in [3.63, 3.8) is 0 Å². The molecule has 0 unspecified atom stereocenters. The third-order valence-electron chi connectivity index (χ3n) is 5.04. The van der Waals surface area contributed by atoms with Crippen molar-refractivity contribution in [2.45, 2.75) is 25.7 Å². The van der Waals surface area contributed by atoms with Crippen molar-refractivity contribution in [3.8, 4) is 5.88 Å². The number of aromatic nitrogens is 2. The molecule has 162 valence electrons. The van der Waals surface area contributed by atoms with Crippen molar-refractivity contribution in [1.82, 2.24) is 9.78 Å².